The van der Waals surface area contributed by atoms with E-state index in [-0.39, 0.29) is 5.91 Å². The van der Waals surface area contributed by atoms with E-state index in [2.05, 4.69) is 27.3 Å². The zero-order valence-corrected chi connectivity index (χ0v) is 14.1. The Morgan fingerprint density at radius 2 is 2.17 bits per heavy atom. The second-order valence-electron chi connectivity index (χ2n) is 6.00. The second kappa shape index (κ2) is 6.92. The van der Waals surface area contributed by atoms with Crippen molar-refractivity contribution in [2.24, 2.45) is 0 Å². The number of rotatable bonds is 5. The predicted molar refractivity (Wildman–Crippen MR) is 90.5 cm³/mol. The average Bonchev–Trinajstić information content (AvgIpc) is 3.03. The number of nitrogens with one attached hydrogen (secondary N) is 2. The number of ether oxygens (including phenoxy) is 2. The van der Waals surface area contributed by atoms with Crippen molar-refractivity contribution in [3.8, 4) is 11.5 Å². The lowest BCUT2D eigenvalue weighted by Gasteiger charge is -2.29. The lowest BCUT2D eigenvalue weighted by molar-refractivity contribution is -0.117. The smallest absolute Gasteiger partial charge is 0.238 e. The Hall–Kier alpha value is -2.54. The number of hydrogen-bond donors (Lipinski definition) is 2. The van der Waals surface area contributed by atoms with Gasteiger partial charge in [0.1, 0.15) is 0 Å². The van der Waals surface area contributed by atoms with Gasteiger partial charge in [-0.1, -0.05) is 6.92 Å². The van der Waals surface area contributed by atoms with Crippen LogP contribution < -0.4 is 14.8 Å². The largest absolute Gasteiger partial charge is 0.493 e. The van der Waals surface area contributed by atoms with Crippen LogP contribution >= 0.6 is 0 Å². The Balaban J connectivity index is 1.62. The Morgan fingerprint density at radius 3 is 2.92 bits per heavy atom. The monoisotopic (exact) mass is 330 g/mol. The number of benzene rings is 1. The maximum atomic E-state index is 12.3. The quantitative estimate of drug-likeness (QED) is 0.876. The molecule has 0 saturated heterocycles. The third kappa shape index (κ3) is 3.35. The number of fused-ring (bicyclic) bond motifs is 1. The molecule has 0 radical (unpaired) electrons. The van der Waals surface area contributed by atoms with Gasteiger partial charge < -0.3 is 14.8 Å². The van der Waals surface area contributed by atoms with Crippen LogP contribution in [0.25, 0.3) is 0 Å². The van der Waals surface area contributed by atoms with Crippen molar-refractivity contribution in [3.05, 3.63) is 35.7 Å². The van der Waals surface area contributed by atoms with Crippen LogP contribution in [0.3, 0.4) is 0 Å². The zero-order chi connectivity index (χ0) is 17.1. The maximum Gasteiger partial charge on any atom is 0.238 e. The first-order valence-electron chi connectivity index (χ1n) is 7.87. The van der Waals surface area contributed by atoms with Crippen LogP contribution in [0.5, 0.6) is 11.5 Å². The van der Waals surface area contributed by atoms with Crippen LogP contribution in [0.2, 0.25) is 0 Å². The zero-order valence-electron chi connectivity index (χ0n) is 14.1. The molecule has 1 amide bonds. The summed E-state index contributed by atoms with van der Waals surface area (Å²) < 4.78 is 10.5. The van der Waals surface area contributed by atoms with Gasteiger partial charge >= 0.3 is 0 Å². The molecule has 1 aromatic heterocycles. The van der Waals surface area contributed by atoms with Crippen molar-refractivity contribution < 1.29 is 14.3 Å². The van der Waals surface area contributed by atoms with E-state index in [1.54, 1.807) is 32.4 Å². The van der Waals surface area contributed by atoms with E-state index in [0.29, 0.717) is 29.6 Å². The minimum Gasteiger partial charge on any atom is -0.493 e. The van der Waals surface area contributed by atoms with Crippen LogP contribution in [0.15, 0.2) is 24.4 Å². The molecule has 2 heterocycles. The molecule has 0 fully saturated rings. The minimum atomic E-state index is -0.0543. The number of nitrogens with zero attached hydrogens (tertiary/aromatic N) is 2. The van der Waals surface area contributed by atoms with Crippen molar-refractivity contribution in [3.63, 3.8) is 0 Å². The molecule has 1 aromatic carbocycles. The van der Waals surface area contributed by atoms with Crippen LogP contribution in [0, 0.1) is 0 Å². The summed E-state index contributed by atoms with van der Waals surface area (Å²) in [5.74, 6) is 1.50. The van der Waals surface area contributed by atoms with E-state index in [0.717, 1.165) is 18.7 Å². The SMILES string of the molecule is COc1ccc(NC(=O)CN2Cc3cn[nH]c3C(C)C2)cc1OC. The van der Waals surface area contributed by atoms with Crippen molar-refractivity contribution in [1.82, 2.24) is 15.1 Å². The minimum absolute atomic E-state index is 0.0543. The van der Waals surface area contributed by atoms with Gasteiger partial charge in [0, 0.05) is 42.0 Å². The van der Waals surface area contributed by atoms with Crippen LogP contribution in [-0.2, 0) is 11.3 Å². The van der Waals surface area contributed by atoms with Gasteiger partial charge in [0.25, 0.3) is 0 Å². The Bertz CT molecular complexity index is 728. The van der Waals surface area contributed by atoms with Crippen molar-refractivity contribution in [2.45, 2.75) is 19.4 Å². The lowest BCUT2D eigenvalue weighted by Crippen LogP contribution is -2.38. The molecule has 3 rings (SSSR count). The third-order valence-corrected chi connectivity index (χ3v) is 4.20. The summed E-state index contributed by atoms with van der Waals surface area (Å²) in [6, 6.07) is 5.32. The van der Waals surface area contributed by atoms with E-state index in [9.17, 15) is 4.79 Å². The molecule has 7 heteroatoms. The van der Waals surface area contributed by atoms with E-state index < -0.39 is 0 Å². The Kier molecular flexibility index (Phi) is 4.71. The van der Waals surface area contributed by atoms with Gasteiger partial charge in [-0.05, 0) is 12.1 Å². The number of methoxy groups -OCH3 is 2. The highest BCUT2D eigenvalue weighted by Crippen LogP contribution is 2.30. The third-order valence-electron chi connectivity index (χ3n) is 4.20. The molecule has 128 valence electrons. The molecule has 0 aliphatic carbocycles. The van der Waals surface area contributed by atoms with Crippen LogP contribution in [-0.4, -0.2) is 48.3 Å². The fraction of sp³-hybridized carbons (Fsp3) is 0.412. The van der Waals surface area contributed by atoms with Gasteiger partial charge in [0.05, 0.1) is 27.0 Å². The highest BCUT2D eigenvalue weighted by atomic mass is 16.5. The van der Waals surface area contributed by atoms with Gasteiger partial charge in [-0.3, -0.25) is 14.8 Å². The predicted octanol–water partition coefficient (Wildman–Crippen LogP) is 1.98. The number of aromatic amines is 1. The lowest BCUT2D eigenvalue weighted by atomic mass is 9.98. The topological polar surface area (TPSA) is 79.5 Å². The van der Waals surface area contributed by atoms with Crippen molar-refractivity contribution in [2.75, 3.05) is 32.6 Å². The van der Waals surface area contributed by atoms with E-state index in [1.807, 2.05) is 6.20 Å². The first-order chi connectivity index (χ1) is 11.6. The summed E-state index contributed by atoms with van der Waals surface area (Å²) in [5, 5.41) is 10.0. The number of H-pyrrole nitrogens is 1. The molecule has 7 nitrogen and oxygen atoms in total. The second-order valence-corrected chi connectivity index (χ2v) is 6.00. The molecule has 1 unspecified atom stereocenters. The molecule has 2 aromatic rings. The molecule has 1 atom stereocenters. The fourth-order valence-electron chi connectivity index (χ4n) is 3.10. The molecule has 0 saturated carbocycles. The summed E-state index contributed by atoms with van der Waals surface area (Å²) in [6.45, 7) is 4.03. The number of anilines is 1. The first kappa shape index (κ1) is 16.3. The molecule has 1 aliphatic heterocycles. The number of aromatic nitrogens is 2. The van der Waals surface area contributed by atoms with Crippen LogP contribution in [0.1, 0.15) is 24.1 Å². The molecule has 2 N–H and O–H groups in total. The molecular formula is C17H22N4O3. The summed E-state index contributed by atoms with van der Waals surface area (Å²) in [4.78, 5) is 14.5. The summed E-state index contributed by atoms with van der Waals surface area (Å²) in [5.41, 5.74) is 3.02. The number of carbonyl (C=O) groups is 1. The molecule has 0 bridgehead atoms. The maximum absolute atomic E-state index is 12.3. The summed E-state index contributed by atoms with van der Waals surface area (Å²) >= 11 is 0. The number of amides is 1. The highest BCUT2D eigenvalue weighted by Gasteiger charge is 2.25. The number of hydrogen-bond acceptors (Lipinski definition) is 5. The van der Waals surface area contributed by atoms with Crippen LogP contribution in [0.4, 0.5) is 5.69 Å². The standard InChI is InChI=1S/C17H22N4O3/c1-11-8-21(9-12-7-18-20-17(11)12)10-16(22)19-13-4-5-14(23-2)15(6-13)24-3/h4-7,11H,8-10H2,1-3H3,(H,18,20)(H,19,22). The van der Waals surface area contributed by atoms with Gasteiger partial charge in [-0.15, -0.1) is 0 Å². The summed E-state index contributed by atoms with van der Waals surface area (Å²) in [7, 11) is 3.15. The number of carbonyl (C=O) groups excluding carboxylic acids is 1. The van der Waals surface area contributed by atoms with Gasteiger partial charge in [-0.2, -0.15) is 5.10 Å². The molecular weight excluding hydrogens is 308 g/mol. The van der Waals surface area contributed by atoms with Gasteiger partial charge in [-0.25, -0.2) is 0 Å². The van der Waals surface area contributed by atoms with Crippen molar-refractivity contribution >= 4 is 11.6 Å². The molecule has 24 heavy (non-hydrogen) atoms. The van der Waals surface area contributed by atoms with E-state index >= 15 is 0 Å². The Labute approximate surface area is 140 Å². The Morgan fingerprint density at radius 1 is 1.38 bits per heavy atom. The fourth-order valence-corrected chi connectivity index (χ4v) is 3.10. The molecule has 0 spiro atoms. The normalized spacial score (nSPS) is 17.2. The average molecular weight is 330 g/mol. The van der Waals surface area contributed by atoms with E-state index in [1.165, 1.54) is 5.69 Å². The summed E-state index contributed by atoms with van der Waals surface area (Å²) in [6.07, 6.45) is 1.84. The molecule has 1 aliphatic rings. The van der Waals surface area contributed by atoms with E-state index in [4.69, 9.17) is 9.47 Å². The first-order valence-corrected chi connectivity index (χ1v) is 7.87. The van der Waals surface area contributed by atoms with Crippen molar-refractivity contribution in [1.29, 1.82) is 0 Å². The van der Waals surface area contributed by atoms with Gasteiger partial charge in [0.15, 0.2) is 11.5 Å². The highest BCUT2D eigenvalue weighted by molar-refractivity contribution is 5.92. The van der Waals surface area contributed by atoms with Gasteiger partial charge in [0.2, 0.25) is 5.91 Å².